The molecule has 374 valence electrons. The van der Waals surface area contributed by atoms with E-state index in [2.05, 4.69) is 0 Å². The molecule has 15 N–H and O–H groups in total. The van der Waals surface area contributed by atoms with E-state index in [1.54, 1.807) is 0 Å². The molecule has 0 spiro atoms. The van der Waals surface area contributed by atoms with Crippen LogP contribution >= 0.6 is 0 Å². The van der Waals surface area contributed by atoms with Crippen LogP contribution in [0, 0.1) is 17.8 Å². The molecule has 4 saturated heterocycles. The van der Waals surface area contributed by atoms with Gasteiger partial charge in [0.15, 0.2) is 31.1 Å². The van der Waals surface area contributed by atoms with Crippen LogP contribution in [0.4, 0.5) is 0 Å². The molecule has 0 bridgehead atoms. The second kappa shape index (κ2) is 22.4. The second-order valence-corrected chi connectivity index (χ2v) is 18.9. The van der Waals surface area contributed by atoms with Crippen LogP contribution < -0.4 is 0 Å². The molecular formula is C42H69O23+. The molecule has 0 radical (unpaired) electrons. The van der Waals surface area contributed by atoms with Crippen molar-refractivity contribution >= 4 is 5.97 Å². The number of esters is 1. The molecule has 23 heteroatoms. The third-order valence-electron chi connectivity index (χ3n) is 14.4. The predicted molar refractivity (Wildman–Crippen MR) is 213 cm³/mol. The Labute approximate surface area is 374 Å². The summed E-state index contributed by atoms with van der Waals surface area (Å²) in [5, 5.41) is 148. The lowest BCUT2D eigenvalue weighted by Gasteiger charge is -2.50. The van der Waals surface area contributed by atoms with Crippen LogP contribution in [-0.4, -0.2) is 243 Å². The first-order chi connectivity index (χ1) is 31.0. The van der Waals surface area contributed by atoms with Gasteiger partial charge >= 0.3 is 5.97 Å². The lowest BCUT2D eigenvalue weighted by atomic mass is 9.73. The van der Waals surface area contributed by atoms with Gasteiger partial charge in [-0.2, -0.15) is 0 Å². The maximum Gasteiger partial charge on any atom is 0.330 e. The maximum absolute atomic E-state index is 12.6. The van der Waals surface area contributed by atoms with Crippen molar-refractivity contribution in [1.29, 1.82) is 0 Å². The van der Waals surface area contributed by atoms with Gasteiger partial charge in [0.05, 0.1) is 49.7 Å². The first kappa shape index (κ1) is 51.2. The van der Waals surface area contributed by atoms with E-state index in [9.17, 15) is 76.3 Å². The third-order valence-corrected chi connectivity index (χ3v) is 14.4. The number of carbonyl (C=O) groups is 1. The molecule has 3 saturated carbocycles. The van der Waals surface area contributed by atoms with Crippen molar-refractivity contribution < 1.29 is 114 Å². The van der Waals surface area contributed by atoms with Crippen molar-refractivity contribution in [2.24, 2.45) is 17.8 Å². The van der Waals surface area contributed by atoms with Gasteiger partial charge in [-0.1, -0.05) is 6.08 Å². The first-order valence-electron chi connectivity index (χ1n) is 22.8. The average molecular weight is 942 g/mol. The van der Waals surface area contributed by atoms with Gasteiger partial charge in [-0.25, -0.2) is 4.79 Å². The van der Waals surface area contributed by atoms with Crippen molar-refractivity contribution in [1.82, 2.24) is 0 Å². The van der Waals surface area contributed by atoms with Crippen molar-refractivity contribution in [3.05, 3.63) is 12.2 Å². The number of ether oxygens (including phenoxy) is 8. The minimum absolute atomic E-state index is 0.0371. The van der Waals surface area contributed by atoms with Crippen LogP contribution in [0.25, 0.3) is 0 Å². The summed E-state index contributed by atoms with van der Waals surface area (Å²) in [5.41, 5.74) is 0. The molecule has 23 nitrogen and oxygen atoms in total. The van der Waals surface area contributed by atoms with E-state index < -0.39 is 173 Å². The Balaban J connectivity index is 1.09. The van der Waals surface area contributed by atoms with Crippen LogP contribution in [0.5, 0.6) is 0 Å². The molecule has 7 aliphatic rings. The Morgan fingerprint density at radius 3 is 1.78 bits per heavy atom. The SMILES string of the molecule is O=C(C=CC1CCC(O)C(O)C1)OC[C@H]1O[C@@H](O[C@H]2[C@H](OC3CC4C(O[C@@H]5O[C@H](CO)[C@@H](O)[C@H](O)[C@H]5O)CC(O)CC4[OH+]C3C3CCC(O)CC3)O[C@H](CO)[C@@H](O)[C@@H]2O)[C@H](O)[C@@H](O)[C@@H]1O. The summed E-state index contributed by atoms with van der Waals surface area (Å²) < 4.78 is 46.8. The molecule has 4 heterocycles. The number of allylic oxidation sites excluding steroid dienone is 1. The second-order valence-electron chi connectivity index (χ2n) is 18.9. The van der Waals surface area contributed by atoms with Gasteiger partial charge in [-0.15, -0.1) is 0 Å². The summed E-state index contributed by atoms with van der Waals surface area (Å²) in [6, 6.07) is 0. The molecule has 65 heavy (non-hydrogen) atoms. The Morgan fingerprint density at radius 1 is 0.554 bits per heavy atom. The number of hydrogen-bond acceptors (Lipinski definition) is 22. The number of hydrogen-bond donors (Lipinski definition) is 14. The van der Waals surface area contributed by atoms with E-state index in [1.165, 1.54) is 6.08 Å². The molecule has 0 aromatic heterocycles. The van der Waals surface area contributed by atoms with Crippen LogP contribution in [0.3, 0.4) is 0 Å². The number of fused-ring (bicyclic) bond motifs is 1. The molecule has 0 amide bonds. The van der Waals surface area contributed by atoms with Gasteiger partial charge < -0.3 is 109 Å². The van der Waals surface area contributed by atoms with Crippen LogP contribution in [-0.2, 0) is 38.0 Å². The molecule has 9 unspecified atom stereocenters. The standard InChI is InChI=1S/C42H68O23/c43-13-26-30(50)33(53)36(56)40(62-26)60-24-11-19(46)10-23-20(24)12-25(38(59-23)17-3-5-18(45)6-4-17)61-42-39(35(55)31(51)27(14-44)63-42)65-41-37(57)34(54)32(52)28(64-41)15-58-29(49)8-2-16-1-7-21(47)22(48)9-16/h2,8,16-28,30-48,50-57H,1,3-7,9-15H2/p+1/t16?,17?,18?,19?,20?,21?,22?,23?,24?,25?,26-,27-,28-,30-,31-,32-,33+,34+,35+,36-,37-,38?,39-,40-,41+,42-/m1/s1. The highest BCUT2D eigenvalue weighted by Crippen LogP contribution is 2.44. The Bertz CT molecular complexity index is 1530. The van der Waals surface area contributed by atoms with Crippen molar-refractivity contribution in [2.45, 2.75) is 205 Å². The molecule has 3 aliphatic carbocycles. The zero-order valence-electron chi connectivity index (χ0n) is 35.8. The summed E-state index contributed by atoms with van der Waals surface area (Å²) >= 11 is 0. The van der Waals surface area contributed by atoms with E-state index in [0.29, 0.717) is 38.5 Å². The maximum atomic E-state index is 12.6. The predicted octanol–water partition coefficient (Wildman–Crippen LogP) is -6.20. The highest BCUT2D eigenvalue weighted by Gasteiger charge is 2.57. The zero-order valence-corrected chi connectivity index (χ0v) is 35.8. The Hall–Kier alpha value is -1.63. The first-order valence-corrected chi connectivity index (χ1v) is 22.8. The summed E-state index contributed by atoms with van der Waals surface area (Å²) in [7, 11) is 0. The van der Waals surface area contributed by atoms with E-state index in [1.807, 2.05) is 0 Å². The number of aliphatic hydroxyl groups is 16. The van der Waals surface area contributed by atoms with Gasteiger partial charge in [0.2, 0.25) is 0 Å². The fourth-order valence-corrected chi connectivity index (χ4v) is 10.5. The van der Waals surface area contributed by atoms with Gasteiger partial charge in [0.25, 0.3) is 0 Å². The smallest absolute Gasteiger partial charge is 0.330 e. The Morgan fingerprint density at radius 2 is 1.14 bits per heavy atom. The molecule has 4 aliphatic heterocycles. The molecule has 0 aromatic rings. The van der Waals surface area contributed by atoms with E-state index >= 15 is 0 Å². The van der Waals surface area contributed by atoms with E-state index in [-0.39, 0.29) is 37.5 Å². The fourth-order valence-electron chi connectivity index (χ4n) is 10.5. The summed E-state index contributed by atoms with van der Waals surface area (Å²) in [4.78, 5) is 12.6. The molecule has 24 atom stereocenters. The summed E-state index contributed by atoms with van der Waals surface area (Å²) in [6.07, 6.45) is -25.3. The lowest BCUT2D eigenvalue weighted by molar-refractivity contribution is -0.389. The molecular weight excluding hydrogens is 872 g/mol. The fraction of sp³-hybridized carbons (Fsp3) is 0.929. The number of carbonyl (C=O) groups excluding carboxylic acids is 1. The van der Waals surface area contributed by atoms with Gasteiger partial charge in [-0.05, 0) is 57.3 Å². The van der Waals surface area contributed by atoms with Gasteiger partial charge in [-0.3, -0.25) is 0 Å². The van der Waals surface area contributed by atoms with Crippen molar-refractivity contribution in [3.8, 4) is 0 Å². The van der Waals surface area contributed by atoms with Gasteiger partial charge in [0, 0.05) is 24.8 Å². The topological polar surface area (TPSA) is 378 Å². The highest BCUT2D eigenvalue weighted by molar-refractivity contribution is 5.81. The normalized spacial score (nSPS) is 51.0. The third kappa shape index (κ3) is 11.7. The quantitative estimate of drug-likeness (QED) is 0.0464. The zero-order chi connectivity index (χ0) is 46.9. The summed E-state index contributed by atoms with van der Waals surface area (Å²) in [5.74, 6) is -1.75. The highest BCUT2D eigenvalue weighted by atomic mass is 16.8. The minimum atomic E-state index is -1.97. The summed E-state index contributed by atoms with van der Waals surface area (Å²) in [6.45, 7) is -2.11. The van der Waals surface area contributed by atoms with Crippen molar-refractivity contribution in [2.75, 3.05) is 19.8 Å². The van der Waals surface area contributed by atoms with Crippen LogP contribution in [0.1, 0.15) is 64.2 Å². The monoisotopic (exact) mass is 941 g/mol. The van der Waals surface area contributed by atoms with Crippen molar-refractivity contribution in [3.63, 3.8) is 0 Å². The number of aliphatic hydroxyl groups excluding tert-OH is 14. The Kier molecular flexibility index (Phi) is 17.7. The van der Waals surface area contributed by atoms with E-state index in [4.69, 9.17) is 37.9 Å². The average Bonchev–Trinajstić information content (AvgIpc) is 3.29. The molecule has 7 rings (SSSR count). The largest absolute Gasteiger partial charge is 0.460 e. The molecule has 7 fully saturated rings. The van der Waals surface area contributed by atoms with Crippen LogP contribution in [0.15, 0.2) is 12.2 Å². The lowest BCUT2D eigenvalue weighted by Crippen LogP contribution is -2.66. The van der Waals surface area contributed by atoms with E-state index in [0.717, 1.165) is 6.08 Å². The minimum Gasteiger partial charge on any atom is -0.460 e. The number of rotatable bonds is 13. The van der Waals surface area contributed by atoms with Crippen LogP contribution in [0.2, 0.25) is 0 Å². The van der Waals surface area contributed by atoms with Gasteiger partial charge in [0.1, 0.15) is 86.0 Å². The molecule has 0 aromatic carbocycles.